The Balaban J connectivity index is 1.73. The number of aromatic nitrogens is 3. The van der Waals surface area contributed by atoms with Crippen molar-refractivity contribution in [3.8, 4) is 11.4 Å². The summed E-state index contributed by atoms with van der Waals surface area (Å²) in [7, 11) is 0. The summed E-state index contributed by atoms with van der Waals surface area (Å²) in [6.45, 7) is 4.54. The molecule has 0 N–H and O–H groups in total. The Bertz CT molecular complexity index is 807. The Morgan fingerprint density at radius 3 is 2.38 bits per heavy atom. The van der Waals surface area contributed by atoms with E-state index in [1.165, 1.54) is 5.56 Å². The molecule has 120 valence electrons. The molecule has 0 saturated carbocycles. The average Bonchev–Trinajstić information content (AvgIpc) is 3.03. The predicted octanol–water partition coefficient (Wildman–Crippen LogP) is 4.94. The Morgan fingerprint density at radius 1 is 0.958 bits per heavy atom. The van der Waals surface area contributed by atoms with Crippen molar-refractivity contribution in [1.29, 1.82) is 0 Å². The van der Waals surface area contributed by atoms with Crippen molar-refractivity contribution in [3.05, 3.63) is 85.0 Å². The van der Waals surface area contributed by atoms with E-state index in [1.807, 2.05) is 54.6 Å². The number of thioether (sulfide) groups is 1. The number of rotatable bonds is 7. The molecule has 4 heteroatoms. The van der Waals surface area contributed by atoms with E-state index in [0.717, 1.165) is 22.3 Å². The van der Waals surface area contributed by atoms with Gasteiger partial charge in [-0.25, -0.2) is 0 Å². The molecule has 0 aliphatic heterocycles. The van der Waals surface area contributed by atoms with Gasteiger partial charge in [-0.1, -0.05) is 90.7 Å². The lowest BCUT2D eigenvalue weighted by Crippen LogP contribution is -2.00. The predicted molar refractivity (Wildman–Crippen MR) is 102 cm³/mol. The highest BCUT2D eigenvalue weighted by Gasteiger charge is 2.12. The quantitative estimate of drug-likeness (QED) is 0.453. The second-order valence-electron chi connectivity index (χ2n) is 5.20. The van der Waals surface area contributed by atoms with Gasteiger partial charge in [-0.2, -0.15) is 0 Å². The van der Waals surface area contributed by atoms with Crippen LogP contribution in [0.15, 0.2) is 84.6 Å². The molecular formula is C20H19N3S. The molecule has 0 radical (unpaired) electrons. The maximum atomic E-state index is 4.36. The molecule has 0 bridgehead atoms. The molecule has 0 saturated heterocycles. The van der Waals surface area contributed by atoms with Crippen LogP contribution in [0.2, 0.25) is 0 Å². The van der Waals surface area contributed by atoms with Gasteiger partial charge < -0.3 is 0 Å². The van der Waals surface area contributed by atoms with Crippen molar-refractivity contribution in [2.45, 2.75) is 11.7 Å². The summed E-state index contributed by atoms with van der Waals surface area (Å²) >= 11 is 1.68. The van der Waals surface area contributed by atoms with E-state index in [2.05, 4.69) is 45.6 Å². The van der Waals surface area contributed by atoms with E-state index in [-0.39, 0.29) is 0 Å². The Morgan fingerprint density at radius 2 is 1.67 bits per heavy atom. The minimum Gasteiger partial charge on any atom is -0.298 e. The lowest BCUT2D eigenvalue weighted by atomic mass is 10.2. The molecule has 0 unspecified atom stereocenters. The average molecular weight is 333 g/mol. The molecule has 0 fully saturated rings. The van der Waals surface area contributed by atoms with Gasteiger partial charge >= 0.3 is 0 Å². The monoisotopic (exact) mass is 333 g/mol. The van der Waals surface area contributed by atoms with Crippen LogP contribution in [0.3, 0.4) is 0 Å². The third kappa shape index (κ3) is 4.03. The molecule has 2 aromatic carbocycles. The molecule has 1 heterocycles. The van der Waals surface area contributed by atoms with Crippen LogP contribution in [0.1, 0.15) is 5.56 Å². The summed E-state index contributed by atoms with van der Waals surface area (Å²) in [6, 6.07) is 20.4. The van der Waals surface area contributed by atoms with Crippen molar-refractivity contribution in [1.82, 2.24) is 14.8 Å². The van der Waals surface area contributed by atoms with E-state index in [4.69, 9.17) is 0 Å². The van der Waals surface area contributed by atoms with Crippen LogP contribution in [0.25, 0.3) is 17.5 Å². The summed E-state index contributed by atoms with van der Waals surface area (Å²) in [5.41, 5.74) is 2.27. The fraction of sp³-hybridized carbons (Fsp3) is 0.100. The SMILES string of the molecule is C=CCn1c(SC/C=C/c2ccccc2)nnc1-c1ccccc1. The highest BCUT2D eigenvalue weighted by Crippen LogP contribution is 2.24. The van der Waals surface area contributed by atoms with Gasteiger partial charge in [0.15, 0.2) is 11.0 Å². The Hall–Kier alpha value is -2.59. The number of allylic oxidation sites excluding steroid dienone is 1. The van der Waals surface area contributed by atoms with Crippen LogP contribution in [0.4, 0.5) is 0 Å². The molecule has 0 aliphatic rings. The van der Waals surface area contributed by atoms with Gasteiger partial charge in [0.2, 0.25) is 0 Å². The maximum Gasteiger partial charge on any atom is 0.192 e. The molecule has 0 atom stereocenters. The van der Waals surface area contributed by atoms with E-state index in [0.29, 0.717) is 6.54 Å². The Kier molecular flexibility index (Phi) is 5.64. The van der Waals surface area contributed by atoms with E-state index < -0.39 is 0 Å². The summed E-state index contributed by atoms with van der Waals surface area (Å²) < 4.78 is 2.10. The third-order valence-corrected chi connectivity index (χ3v) is 4.40. The first kappa shape index (κ1) is 16.3. The molecule has 1 aromatic heterocycles. The largest absolute Gasteiger partial charge is 0.298 e. The second kappa shape index (κ2) is 8.31. The van der Waals surface area contributed by atoms with Crippen LogP contribution in [-0.2, 0) is 6.54 Å². The smallest absolute Gasteiger partial charge is 0.192 e. The molecule has 0 aliphatic carbocycles. The normalized spacial score (nSPS) is 11.0. The lowest BCUT2D eigenvalue weighted by Gasteiger charge is -2.06. The van der Waals surface area contributed by atoms with E-state index in [1.54, 1.807) is 11.8 Å². The summed E-state index contributed by atoms with van der Waals surface area (Å²) in [5.74, 6) is 1.73. The molecular weight excluding hydrogens is 314 g/mol. The Labute approximate surface area is 146 Å². The number of benzene rings is 2. The van der Waals surface area contributed by atoms with Crippen molar-refractivity contribution in [2.75, 3.05) is 5.75 Å². The zero-order valence-corrected chi connectivity index (χ0v) is 14.2. The number of hydrogen-bond acceptors (Lipinski definition) is 3. The fourth-order valence-corrected chi connectivity index (χ4v) is 3.12. The van der Waals surface area contributed by atoms with Gasteiger partial charge in [0.25, 0.3) is 0 Å². The first-order chi connectivity index (χ1) is 11.9. The first-order valence-corrected chi connectivity index (χ1v) is 8.81. The van der Waals surface area contributed by atoms with Gasteiger partial charge in [0.1, 0.15) is 0 Å². The first-order valence-electron chi connectivity index (χ1n) is 7.82. The molecule has 3 rings (SSSR count). The third-order valence-electron chi connectivity index (χ3n) is 3.48. The molecule has 24 heavy (non-hydrogen) atoms. The molecule has 0 amide bonds. The van der Waals surface area contributed by atoms with Gasteiger partial charge in [0, 0.05) is 17.9 Å². The maximum absolute atomic E-state index is 4.36. The lowest BCUT2D eigenvalue weighted by molar-refractivity contribution is 0.732. The zero-order valence-electron chi connectivity index (χ0n) is 13.4. The highest BCUT2D eigenvalue weighted by molar-refractivity contribution is 7.99. The van der Waals surface area contributed by atoms with Crippen LogP contribution >= 0.6 is 11.8 Å². The van der Waals surface area contributed by atoms with Crippen molar-refractivity contribution < 1.29 is 0 Å². The van der Waals surface area contributed by atoms with Crippen molar-refractivity contribution >= 4 is 17.8 Å². The molecule has 3 nitrogen and oxygen atoms in total. The van der Waals surface area contributed by atoms with Gasteiger partial charge in [-0.05, 0) is 5.56 Å². The molecule has 3 aromatic rings. The van der Waals surface area contributed by atoms with E-state index >= 15 is 0 Å². The summed E-state index contributed by atoms with van der Waals surface area (Å²) in [5, 5.41) is 9.62. The van der Waals surface area contributed by atoms with Gasteiger partial charge in [0.05, 0.1) is 0 Å². The van der Waals surface area contributed by atoms with Crippen molar-refractivity contribution in [2.24, 2.45) is 0 Å². The zero-order chi connectivity index (χ0) is 16.6. The van der Waals surface area contributed by atoms with Crippen LogP contribution in [-0.4, -0.2) is 20.5 Å². The number of hydrogen-bond donors (Lipinski definition) is 0. The van der Waals surface area contributed by atoms with Crippen molar-refractivity contribution in [3.63, 3.8) is 0 Å². The summed E-state index contributed by atoms with van der Waals surface area (Å²) in [6.07, 6.45) is 6.15. The topological polar surface area (TPSA) is 30.7 Å². The minimum absolute atomic E-state index is 0.696. The van der Waals surface area contributed by atoms with Gasteiger partial charge in [-0.15, -0.1) is 16.8 Å². The summed E-state index contributed by atoms with van der Waals surface area (Å²) in [4.78, 5) is 0. The second-order valence-corrected chi connectivity index (χ2v) is 6.18. The highest BCUT2D eigenvalue weighted by atomic mass is 32.2. The molecule has 0 spiro atoms. The fourth-order valence-electron chi connectivity index (χ4n) is 2.36. The van der Waals surface area contributed by atoms with E-state index in [9.17, 15) is 0 Å². The van der Waals surface area contributed by atoms with Crippen LogP contribution < -0.4 is 0 Å². The minimum atomic E-state index is 0.696. The van der Waals surface area contributed by atoms with Gasteiger partial charge in [-0.3, -0.25) is 4.57 Å². The van der Waals surface area contributed by atoms with Crippen LogP contribution in [0, 0.1) is 0 Å². The number of nitrogens with zero attached hydrogens (tertiary/aromatic N) is 3. The van der Waals surface area contributed by atoms with Crippen LogP contribution in [0.5, 0.6) is 0 Å². The standard InChI is InChI=1S/C20H19N3S/c1-2-15-23-19(18-13-7-4-8-14-18)21-22-20(23)24-16-9-12-17-10-5-3-6-11-17/h2-14H,1,15-16H2/b12-9+.